The Morgan fingerprint density at radius 1 is 0.821 bits per heavy atom. The van der Waals surface area contributed by atoms with Crippen LogP contribution >= 0.6 is 0 Å². The summed E-state index contributed by atoms with van der Waals surface area (Å²) in [6, 6.07) is 21.4. The quantitative estimate of drug-likeness (QED) is 0.593. The van der Waals surface area contributed by atoms with E-state index in [4.69, 9.17) is 9.47 Å². The number of methoxy groups -OCH3 is 2. The Hall–Kier alpha value is -2.99. The average Bonchev–Trinajstić information content (AvgIpc) is 2.72. The van der Waals surface area contributed by atoms with Crippen molar-refractivity contribution in [3.63, 3.8) is 0 Å². The van der Waals surface area contributed by atoms with Gasteiger partial charge in [-0.3, -0.25) is 4.31 Å². The maximum atomic E-state index is 13.6. The van der Waals surface area contributed by atoms with Crippen LogP contribution < -0.4 is 13.8 Å². The number of nitrogens with zero attached hydrogens (tertiary/aromatic N) is 1. The van der Waals surface area contributed by atoms with Crippen molar-refractivity contribution in [2.24, 2.45) is 0 Å². The lowest BCUT2D eigenvalue weighted by atomic mass is 10.2. The second-order valence-electron chi connectivity index (χ2n) is 6.33. The lowest BCUT2D eigenvalue weighted by Crippen LogP contribution is -2.31. The number of hydrogen-bond donors (Lipinski definition) is 0. The van der Waals surface area contributed by atoms with E-state index in [0.29, 0.717) is 22.7 Å². The van der Waals surface area contributed by atoms with Crippen LogP contribution in [-0.2, 0) is 16.6 Å². The van der Waals surface area contributed by atoms with Crippen molar-refractivity contribution >= 4 is 15.7 Å². The van der Waals surface area contributed by atoms with E-state index in [1.165, 1.54) is 4.31 Å². The van der Waals surface area contributed by atoms with Crippen LogP contribution in [0.25, 0.3) is 0 Å². The van der Waals surface area contributed by atoms with E-state index in [2.05, 4.69) is 0 Å². The highest BCUT2D eigenvalue weighted by molar-refractivity contribution is 7.92. The third kappa shape index (κ3) is 4.12. The molecule has 0 saturated carbocycles. The summed E-state index contributed by atoms with van der Waals surface area (Å²) in [5.74, 6) is 1.27. The lowest BCUT2D eigenvalue weighted by Gasteiger charge is -2.26. The summed E-state index contributed by atoms with van der Waals surface area (Å²) in [5.41, 5.74) is 2.05. The molecule has 3 aromatic rings. The van der Waals surface area contributed by atoms with E-state index in [1.54, 1.807) is 63.6 Å². The van der Waals surface area contributed by atoms with Crippen molar-refractivity contribution in [1.29, 1.82) is 0 Å². The van der Waals surface area contributed by atoms with Gasteiger partial charge in [-0.25, -0.2) is 8.42 Å². The van der Waals surface area contributed by atoms with Gasteiger partial charge in [-0.2, -0.15) is 0 Å². The van der Waals surface area contributed by atoms with Gasteiger partial charge in [0.25, 0.3) is 10.0 Å². The Kier molecular flexibility index (Phi) is 5.90. The van der Waals surface area contributed by atoms with Gasteiger partial charge in [0, 0.05) is 6.07 Å². The molecule has 0 unspecified atom stereocenters. The summed E-state index contributed by atoms with van der Waals surface area (Å²) in [6.07, 6.45) is 0. The molecule has 0 radical (unpaired) electrons. The molecule has 0 spiro atoms. The fourth-order valence-corrected chi connectivity index (χ4v) is 4.65. The minimum absolute atomic E-state index is 0.168. The van der Waals surface area contributed by atoms with E-state index in [1.807, 2.05) is 30.3 Å². The SMILES string of the molecule is COc1cccc(CN(c2cccc(OC)c2)S(=O)(=O)c2ccccc2C)c1. The van der Waals surface area contributed by atoms with Gasteiger partial charge in [-0.1, -0.05) is 36.4 Å². The molecule has 0 aliphatic heterocycles. The number of aryl methyl sites for hydroxylation is 1. The Labute approximate surface area is 166 Å². The molecule has 28 heavy (non-hydrogen) atoms. The van der Waals surface area contributed by atoms with Crippen LogP contribution in [0.5, 0.6) is 11.5 Å². The molecule has 0 heterocycles. The first kappa shape index (κ1) is 19.8. The summed E-state index contributed by atoms with van der Waals surface area (Å²) in [5, 5.41) is 0. The third-order valence-electron chi connectivity index (χ3n) is 4.46. The maximum Gasteiger partial charge on any atom is 0.264 e. The monoisotopic (exact) mass is 397 g/mol. The summed E-state index contributed by atoms with van der Waals surface area (Å²) in [4.78, 5) is 0.278. The van der Waals surface area contributed by atoms with Gasteiger partial charge in [0.05, 0.1) is 31.3 Å². The maximum absolute atomic E-state index is 13.6. The highest BCUT2D eigenvalue weighted by Crippen LogP contribution is 2.30. The van der Waals surface area contributed by atoms with E-state index in [0.717, 1.165) is 5.56 Å². The first-order valence-corrected chi connectivity index (χ1v) is 10.2. The zero-order valence-electron chi connectivity index (χ0n) is 16.1. The van der Waals surface area contributed by atoms with Crippen LogP contribution in [0.3, 0.4) is 0 Å². The van der Waals surface area contributed by atoms with Gasteiger partial charge in [-0.15, -0.1) is 0 Å². The van der Waals surface area contributed by atoms with E-state index in [-0.39, 0.29) is 11.4 Å². The molecular formula is C22H23NO4S. The standard InChI is InChI=1S/C22H23NO4S/c1-17-8-4-5-13-22(17)28(24,25)23(19-10-7-12-21(15-19)27-3)16-18-9-6-11-20(14-18)26-2/h4-15H,16H2,1-3H3. The van der Waals surface area contributed by atoms with Gasteiger partial charge in [0.1, 0.15) is 11.5 Å². The second kappa shape index (κ2) is 8.35. The Morgan fingerprint density at radius 2 is 1.46 bits per heavy atom. The van der Waals surface area contributed by atoms with Gasteiger partial charge in [0.15, 0.2) is 0 Å². The van der Waals surface area contributed by atoms with Crippen LogP contribution in [0.1, 0.15) is 11.1 Å². The van der Waals surface area contributed by atoms with Crippen LogP contribution in [-0.4, -0.2) is 22.6 Å². The zero-order valence-corrected chi connectivity index (χ0v) is 16.9. The zero-order chi connectivity index (χ0) is 20.1. The Bertz CT molecular complexity index is 1060. The summed E-state index contributed by atoms with van der Waals surface area (Å²) < 4.78 is 39.1. The molecule has 146 valence electrons. The molecule has 0 aliphatic rings. The summed E-state index contributed by atoms with van der Waals surface area (Å²) in [6.45, 7) is 1.96. The predicted molar refractivity (Wildman–Crippen MR) is 111 cm³/mol. The van der Waals surface area contributed by atoms with Crippen molar-refractivity contribution in [2.75, 3.05) is 18.5 Å². The van der Waals surface area contributed by atoms with Gasteiger partial charge in [-0.05, 0) is 48.4 Å². The lowest BCUT2D eigenvalue weighted by molar-refractivity contribution is 0.414. The smallest absolute Gasteiger partial charge is 0.264 e. The van der Waals surface area contributed by atoms with Crippen LogP contribution in [0.4, 0.5) is 5.69 Å². The van der Waals surface area contributed by atoms with Crippen LogP contribution in [0.15, 0.2) is 77.7 Å². The van der Waals surface area contributed by atoms with Crippen molar-refractivity contribution in [3.05, 3.63) is 83.9 Å². The molecule has 0 amide bonds. The molecule has 0 bridgehead atoms. The number of sulfonamides is 1. The molecule has 0 aromatic heterocycles. The fourth-order valence-electron chi connectivity index (χ4n) is 2.98. The number of rotatable bonds is 7. The minimum Gasteiger partial charge on any atom is -0.497 e. The Morgan fingerprint density at radius 3 is 2.14 bits per heavy atom. The van der Waals surface area contributed by atoms with Gasteiger partial charge >= 0.3 is 0 Å². The minimum atomic E-state index is -3.79. The van der Waals surface area contributed by atoms with E-state index < -0.39 is 10.0 Å². The van der Waals surface area contributed by atoms with Crippen LogP contribution in [0, 0.1) is 6.92 Å². The topological polar surface area (TPSA) is 55.8 Å². The van der Waals surface area contributed by atoms with E-state index >= 15 is 0 Å². The summed E-state index contributed by atoms with van der Waals surface area (Å²) in [7, 11) is -0.647. The van der Waals surface area contributed by atoms with Crippen LogP contribution in [0.2, 0.25) is 0 Å². The number of ether oxygens (including phenoxy) is 2. The normalized spacial score (nSPS) is 11.1. The Balaban J connectivity index is 2.12. The first-order valence-electron chi connectivity index (χ1n) is 8.81. The number of hydrogen-bond acceptors (Lipinski definition) is 4. The number of benzene rings is 3. The molecule has 3 aromatic carbocycles. The van der Waals surface area contributed by atoms with Gasteiger partial charge in [0.2, 0.25) is 0 Å². The van der Waals surface area contributed by atoms with Crippen molar-refractivity contribution in [2.45, 2.75) is 18.4 Å². The van der Waals surface area contributed by atoms with Gasteiger partial charge < -0.3 is 9.47 Å². The largest absolute Gasteiger partial charge is 0.497 e. The molecule has 6 heteroatoms. The molecule has 0 aliphatic carbocycles. The predicted octanol–water partition coefficient (Wildman–Crippen LogP) is 4.41. The second-order valence-corrected chi connectivity index (χ2v) is 8.16. The molecule has 5 nitrogen and oxygen atoms in total. The molecular weight excluding hydrogens is 374 g/mol. The average molecular weight is 397 g/mol. The molecule has 0 fully saturated rings. The molecule has 0 N–H and O–H groups in total. The molecule has 3 rings (SSSR count). The highest BCUT2D eigenvalue weighted by Gasteiger charge is 2.27. The number of anilines is 1. The van der Waals surface area contributed by atoms with Crippen molar-refractivity contribution < 1.29 is 17.9 Å². The van der Waals surface area contributed by atoms with E-state index in [9.17, 15) is 8.42 Å². The van der Waals surface area contributed by atoms with Crippen molar-refractivity contribution in [1.82, 2.24) is 0 Å². The van der Waals surface area contributed by atoms with Crippen molar-refractivity contribution in [3.8, 4) is 11.5 Å². The highest BCUT2D eigenvalue weighted by atomic mass is 32.2. The first-order chi connectivity index (χ1) is 13.5. The molecule has 0 saturated heterocycles. The fraction of sp³-hybridized carbons (Fsp3) is 0.182. The summed E-state index contributed by atoms with van der Waals surface area (Å²) >= 11 is 0. The molecule has 0 atom stereocenters. The third-order valence-corrected chi connectivity index (χ3v) is 6.40.